The minimum Gasteiger partial charge on any atom is -0.481 e. The fourth-order valence-electron chi connectivity index (χ4n) is 2.32. The molecule has 0 heterocycles. The zero-order valence-corrected chi connectivity index (χ0v) is 14.1. The summed E-state index contributed by atoms with van der Waals surface area (Å²) in [6.45, 7) is 0.329. The lowest BCUT2D eigenvalue weighted by molar-refractivity contribution is -0.136. The second-order valence-corrected chi connectivity index (χ2v) is 7.51. The van der Waals surface area contributed by atoms with E-state index in [4.69, 9.17) is 5.11 Å². The standard InChI is InChI=1S/C18H21NO4S/c20-18(21)14-17-8-6-16(7-9-17)10-12-19-24(22,23)13-11-15-4-2-1-3-5-15/h1-9,19H,10-14H2,(H,20,21). The molecule has 128 valence electrons. The molecular formula is C18H21NO4S. The summed E-state index contributed by atoms with van der Waals surface area (Å²) in [5, 5.41) is 8.72. The first-order valence-electron chi connectivity index (χ1n) is 7.75. The van der Waals surface area contributed by atoms with Crippen molar-refractivity contribution in [3.05, 3.63) is 71.3 Å². The summed E-state index contributed by atoms with van der Waals surface area (Å²) in [7, 11) is -3.30. The monoisotopic (exact) mass is 347 g/mol. The van der Waals surface area contributed by atoms with Crippen LogP contribution in [-0.4, -0.2) is 31.8 Å². The Morgan fingerprint density at radius 3 is 2.08 bits per heavy atom. The lowest BCUT2D eigenvalue weighted by Crippen LogP contribution is -2.29. The molecule has 0 unspecified atom stereocenters. The van der Waals surface area contributed by atoms with Crippen molar-refractivity contribution < 1.29 is 18.3 Å². The molecular weight excluding hydrogens is 326 g/mol. The Kier molecular flexibility index (Phi) is 6.52. The molecule has 0 aliphatic rings. The van der Waals surface area contributed by atoms with Crippen molar-refractivity contribution in [3.8, 4) is 0 Å². The predicted octanol–water partition coefficient (Wildman–Crippen LogP) is 2.02. The van der Waals surface area contributed by atoms with E-state index in [1.54, 1.807) is 12.1 Å². The number of carboxylic acid groups (broad SMARTS) is 1. The predicted molar refractivity (Wildman–Crippen MR) is 93.4 cm³/mol. The second-order valence-electron chi connectivity index (χ2n) is 5.59. The van der Waals surface area contributed by atoms with E-state index in [2.05, 4.69) is 4.72 Å². The van der Waals surface area contributed by atoms with Gasteiger partial charge in [-0.3, -0.25) is 4.79 Å². The summed E-state index contributed by atoms with van der Waals surface area (Å²) in [5.74, 6) is -0.803. The van der Waals surface area contributed by atoms with Gasteiger partial charge in [-0.1, -0.05) is 54.6 Å². The third-order valence-corrected chi connectivity index (χ3v) is 5.00. The summed E-state index contributed by atoms with van der Waals surface area (Å²) in [6.07, 6.45) is 1.05. The highest BCUT2D eigenvalue weighted by Crippen LogP contribution is 2.06. The summed E-state index contributed by atoms with van der Waals surface area (Å²) < 4.78 is 26.6. The number of aryl methyl sites for hydroxylation is 1. The van der Waals surface area contributed by atoms with E-state index in [1.165, 1.54) is 0 Å². The molecule has 2 aromatic rings. The highest BCUT2D eigenvalue weighted by molar-refractivity contribution is 7.89. The van der Waals surface area contributed by atoms with E-state index in [0.717, 1.165) is 16.7 Å². The molecule has 0 aromatic heterocycles. The largest absolute Gasteiger partial charge is 0.481 e. The van der Waals surface area contributed by atoms with Crippen LogP contribution in [0.4, 0.5) is 0 Å². The van der Waals surface area contributed by atoms with Gasteiger partial charge < -0.3 is 5.11 Å². The van der Waals surface area contributed by atoms with Gasteiger partial charge in [0.2, 0.25) is 10.0 Å². The highest BCUT2D eigenvalue weighted by atomic mass is 32.2. The molecule has 2 aromatic carbocycles. The molecule has 0 saturated heterocycles. The van der Waals surface area contributed by atoms with Crippen LogP contribution in [0.15, 0.2) is 54.6 Å². The smallest absolute Gasteiger partial charge is 0.307 e. The molecule has 5 nitrogen and oxygen atoms in total. The summed E-state index contributed by atoms with van der Waals surface area (Å²) in [4.78, 5) is 10.6. The maximum atomic E-state index is 12.0. The first kappa shape index (κ1) is 18.2. The summed E-state index contributed by atoms with van der Waals surface area (Å²) in [5.41, 5.74) is 2.70. The first-order chi connectivity index (χ1) is 11.4. The zero-order chi connectivity index (χ0) is 17.4. The van der Waals surface area contributed by atoms with Crippen LogP contribution in [0, 0.1) is 0 Å². The van der Waals surface area contributed by atoms with Gasteiger partial charge in [0.15, 0.2) is 0 Å². The number of sulfonamides is 1. The molecule has 0 amide bonds. The lowest BCUT2D eigenvalue weighted by Gasteiger charge is -2.07. The number of benzene rings is 2. The van der Waals surface area contributed by atoms with Crippen LogP contribution in [0.25, 0.3) is 0 Å². The topological polar surface area (TPSA) is 83.5 Å². The molecule has 0 radical (unpaired) electrons. The average molecular weight is 347 g/mol. The van der Waals surface area contributed by atoms with E-state index < -0.39 is 16.0 Å². The van der Waals surface area contributed by atoms with Crippen molar-refractivity contribution in [3.63, 3.8) is 0 Å². The summed E-state index contributed by atoms with van der Waals surface area (Å²) >= 11 is 0. The van der Waals surface area contributed by atoms with Gasteiger partial charge in [0.25, 0.3) is 0 Å². The van der Waals surface area contributed by atoms with E-state index in [1.807, 2.05) is 42.5 Å². The fraction of sp³-hybridized carbons (Fsp3) is 0.278. The average Bonchev–Trinajstić information content (AvgIpc) is 2.55. The van der Waals surface area contributed by atoms with E-state index in [9.17, 15) is 13.2 Å². The molecule has 2 rings (SSSR count). The zero-order valence-electron chi connectivity index (χ0n) is 13.3. The lowest BCUT2D eigenvalue weighted by atomic mass is 10.1. The van der Waals surface area contributed by atoms with Crippen LogP contribution < -0.4 is 4.72 Å². The van der Waals surface area contributed by atoms with Crippen LogP contribution in [0.3, 0.4) is 0 Å². The maximum Gasteiger partial charge on any atom is 0.307 e. The van der Waals surface area contributed by atoms with Crippen molar-refractivity contribution in [1.29, 1.82) is 0 Å². The normalized spacial score (nSPS) is 11.3. The number of carbonyl (C=O) groups is 1. The van der Waals surface area contributed by atoms with Gasteiger partial charge in [0, 0.05) is 6.54 Å². The number of hydrogen-bond donors (Lipinski definition) is 2. The molecule has 0 saturated carbocycles. The van der Waals surface area contributed by atoms with Gasteiger partial charge in [-0.15, -0.1) is 0 Å². The van der Waals surface area contributed by atoms with Crippen LogP contribution in [-0.2, 0) is 34.1 Å². The Morgan fingerprint density at radius 1 is 0.875 bits per heavy atom. The first-order valence-corrected chi connectivity index (χ1v) is 9.41. The third kappa shape index (κ3) is 6.52. The van der Waals surface area contributed by atoms with Crippen molar-refractivity contribution in [2.24, 2.45) is 0 Å². The SMILES string of the molecule is O=C(O)Cc1ccc(CCNS(=O)(=O)CCc2ccccc2)cc1. The molecule has 24 heavy (non-hydrogen) atoms. The Balaban J connectivity index is 1.77. The maximum absolute atomic E-state index is 12.0. The van der Waals surface area contributed by atoms with E-state index in [-0.39, 0.29) is 12.2 Å². The molecule has 0 atom stereocenters. The van der Waals surface area contributed by atoms with Gasteiger partial charge in [0.1, 0.15) is 0 Å². The van der Waals surface area contributed by atoms with Gasteiger partial charge in [-0.05, 0) is 29.5 Å². The van der Waals surface area contributed by atoms with Crippen molar-refractivity contribution in [2.75, 3.05) is 12.3 Å². The summed E-state index contributed by atoms with van der Waals surface area (Å²) in [6, 6.07) is 16.7. The fourth-order valence-corrected chi connectivity index (χ4v) is 3.38. The minimum atomic E-state index is -3.30. The highest BCUT2D eigenvalue weighted by Gasteiger charge is 2.10. The Bertz CT molecular complexity index is 755. The Labute approximate surface area is 142 Å². The molecule has 6 heteroatoms. The van der Waals surface area contributed by atoms with Crippen molar-refractivity contribution >= 4 is 16.0 Å². The number of nitrogens with one attached hydrogen (secondary N) is 1. The van der Waals surface area contributed by atoms with Crippen LogP contribution in [0.1, 0.15) is 16.7 Å². The van der Waals surface area contributed by atoms with E-state index in [0.29, 0.717) is 19.4 Å². The molecule has 2 N–H and O–H groups in total. The minimum absolute atomic E-state index is 0.00754. The molecule has 0 bridgehead atoms. The number of rotatable bonds is 9. The Hall–Kier alpha value is -2.18. The van der Waals surface area contributed by atoms with Crippen molar-refractivity contribution in [1.82, 2.24) is 4.72 Å². The van der Waals surface area contributed by atoms with Crippen LogP contribution in [0.2, 0.25) is 0 Å². The van der Waals surface area contributed by atoms with Crippen molar-refractivity contribution in [2.45, 2.75) is 19.3 Å². The molecule has 0 fully saturated rings. The van der Waals surface area contributed by atoms with Crippen LogP contribution >= 0.6 is 0 Å². The molecule has 0 aliphatic heterocycles. The van der Waals surface area contributed by atoms with Gasteiger partial charge >= 0.3 is 5.97 Å². The van der Waals surface area contributed by atoms with Gasteiger partial charge in [-0.2, -0.15) is 0 Å². The number of hydrogen-bond acceptors (Lipinski definition) is 3. The van der Waals surface area contributed by atoms with Gasteiger partial charge in [-0.25, -0.2) is 13.1 Å². The number of carboxylic acids is 1. The molecule has 0 aliphatic carbocycles. The Morgan fingerprint density at radius 2 is 1.46 bits per heavy atom. The van der Waals surface area contributed by atoms with E-state index >= 15 is 0 Å². The quantitative estimate of drug-likeness (QED) is 0.727. The second kappa shape index (κ2) is 8.61. The number of aliphatic carboxylic acids is 1. The van der Waals surface area contributed by atoms with Gasteiger partial charge in [0.05, 0.1) is 12.2 Å². The molecule has 0 spiro atoms. The van der Waals surface area contributed by atoms with Crippen LogP contribution in [0.5, 0.6) is 0 Å². The third-order valence-electron chi connectivity index (χ3n) is 3.62.